The third-order valence-electron chi connectivity index (χ3n) is 3.80. The van der Waals surface area contributed by atoms with Crippen LogP contribution in [-0.4, -0.2) is 29.8 Å². The van der Waals surface area contributed by atoms with Crippen LogP contribution in [0.2, 0.25) is 5.02 Å². The molecular weight excluding hydrogens is 389 g/mol. The summed E-state index contributed by atoms with van der Waals surface area (Å²) in [5.41, 5.74) is 1.36. The molecule has 0 aliphatic rings. The quantitative estimate of drug-likeness (QED) is 0.529. The Morgan fingerprint density at radius 3 is 2.67 bits per heavy atom. The molecule has 0 aliphatic carbocycles. The molecule has 0 radical (unpaired) electrons. The van der Waals surface area contributed by atoms with E-state index >= 15 is 0 Å². The minimum Gasteiger partial charge on any atom is -0.313 e. The molecule has 0 saturated carbocycles. The number of nitrogens with zero attached hydrogens (tertiary/aromatic N) is 6. The Hall–Kier alpha value is -2.78. The molecule has 0 bridgehead atoms. The molecule has 0 fully saturated rings. The van der Waals surface area contributed by atoms with Crippen molar-refractivity contribution in [1.29, 1.82) is 0 Å². The molecule has 0 amide bonds. The molecule has 0 atom stereocenters. The Morgan fingerprint density at radius 1 is 1.07 bits per heavy atom. The molecule has 7 nitrogen and oxygen atoms in total. The van der Waals surface area contributed by atoms with Crippen LogP contribution in [0.1, 0.15) is 16.3 Å². The van der Waals surface area contributed by atoms with Gasteiger partial charge >= 0.3 is 0 Å². The van der Waals surface area contributed by atoms with Gasteiger partial charge in [0.05, 0.1) is 18.8 Å². The fourth-order valence-electron chi connectivity index (χ4n) is 2.53. The van der Waals surface area contributed by atoms with Gasteiger partial charge in [-0.1, -0.05) is 29.0 Å². The zero-order valence-electron chi connectivity index (χ0n) is 14.3. The van der Waals surface area contributed by atoms with Gasteiger partial charge in [0.2, 0.25) is 5.13 Å². The molecular formula is C17H15ClFN7S. The van der Waals surface area contributed by atoms with Gasteiger partial charge in [0, 0.05) is 29.0 Å². The van der Waals surface area contributed by atoms with Crippen LogP contribution in [-0.2, 0) is 13.1 Å². The summed E-state index contributed by atoms with van der Waals surface area (Å²) in [5.74, 6) is 0.246. The van der Waals surface area contributed by atoms with Crippen LogP contribution in [0.4, 0.5) is 15.3 Å². The van der Waals surface area contributed by atoms with E-state index < -0.39 is 0 Å². The van der Waals surface area contributed by atoms with E-state index in [0.717, 1.165) is 10.7 Å². The number of benzene rings is 1. The second-order valence-corrected chi connectivity index (χ2v) is 7.35. The van der Waals surface area contributed by atoms with Gasteiger partial charge in [-0.25, -0.2) is 4.39 Å². The van der Waals surface area contributed by atoms with Gasteiger partial charge in [-0.2, -0.15) is 10.2 Å². The first kappa shape index (κ1) is 17.6. The lowest BCUT2D eigenvalue weighted by Gasteiger charge is -2.05. The highest BCUT2D eigenvalue weighted by Gasteiger charge is 2.10. The van der Waals surface area contributed by atoms with Gasteiger partial charge in [0.25, 0.3) is 0 Å². The predicted octanol–water partition coefficient (Wildman–Crippen LogP) is 3.87. The van der Waals surface area contributed by atoms with E-state index in [-0.39, 0.29) is 12.4 Å². The van der Waals surface area contributed by atoms with E-state index in [1.165, 1.54) is 17.4 Å². The van der Waals surface area contributed by atoms with Gasteiger partial charge in [0.1, 0.15) is 10.8 Å². The average Bonchev–Trinajstić information content (AvgIpc) is 3.35. The third kappa shape index (κ3) is 4.15. The van der Waals surface area contributed by atoms with Crippen LogP contribution >= 0.6 is 22.9 Å². The molecule has 4 aromatic rings. The van der Waals surface area contributed by atoms with Crippen molar-refractivity contribution in [3.8, 4) is 0 Å². The maximum Gasteiger partial charge on any atom is 0.211 e. The topological polar surface area (TPSA) is 73.5 Å². The van der Waals surface area contributed by atoms with Crippen molar-refractivity contribution in [2.75, 3.05) is 5.32 Å². The van der Waals surface area contributed by atoms with Crippen LogP contribution in [0.5, 0.6) is 0 Å². The molecule has 0 spiro atoms. The number of nitrogens with one attached hydrogen (secondary N) is 1. The largest absolute Gasteiger partial charge is 0.313 e. The summed E-state index contributed by atoms with van der Waals surface area (Å²) in [7, 11) is 0. The van der Waals surface area contributed by atoms with Crippen LogP contribution in [0, 0.1) is 12.7 Å². The lowest BCUT2D eigenvalue weighted by Crippen LogP contribution is -2.04. The number of aryl methyl sites for hydroxylation is 1. The zero-order valence-corrected chi connectivity index (χ0v) is 15.9. The molecule has 0 aliphatic heterocycles. The predicted molar refractivity (Wildman–Crippen MR) is 102 cm³/mol. The van der Waals surface area contributed by atoms with Crippen molar-refractivity contribution in [3.63, 3.8) is 0 Å². The lowest BCUT2D eigenvalue weighted by atomic mass is 10.2. The Balaban J connectivity index is 1.42. The van der Waals surface area contributed by atoms with Crippen molar-refractivity contribution in [2.24, 2.45) is 0 Å². The van der Waals surface area contributed by atoms with Gasteiger partial charge < -0.3 is 5.32 Å². The van der Waals surface area contributed by atoms with E-state index in [4.69, 9.17) is 11.6 Å². The number of halogens is 2. The molecule has 3 heterocycles. The van der Waals surface area contributed by atoms with Crippen LogP contribution in [0.15, 0.2) is 42.7 Å². The first-order chi connectivity index (χ1) is 13.1. The van der Waals surface area contributed by atoms with E-state index in [9.17, 15) is 4.39 Å². The molecule has 1 N–H and O–H groups in total. The van der Waals surface area contributed by atoms with Crippen molar-refractivity contribution in [3.05, 3.63) is 69.8 Å². The highest BCUT2D eigenvalue weighted by molar-refractivity contribution is 7.15. The third-order valence-corrected chi connectivity index (χ3v) is 4.97. The maximum absolute atomic E-state index is 13.9. The second kappa shape index (κ2) is 7.45. The van der Waals surface area contributed by atoms with Crippen LogP contribution in [0.25, 0.3) is 0 Å². The Labute approximate surface area is 163 Å². The van der Waals surface area contributed by atoms with Gasteiger partial charge in [-0.05, 0) is 25.1 Å². The summed E-state index contributed by atoms with van der Waals surface area (Å²) < 4.78 is 17.3. The fourth-order valence-corrected chi connectivity index (χ4v) is 3.49. The normalized spacial score (nSPS) is 11.1. The first-order valence-corrected chi connectivity index (χ1v) is 9.32. The van der Waals surface area contributed by atoms with E-state index in [0.29, 0.717) is 28.1 Å². The Morgan fingerprint density at radius 2 is 1.89 bits per heavy atom. The second-order valence-electron chi connectivity index (χ2n) is 5.88. The molecule has 1 aromatic carbocycles. The first-order valence-electron chi connectivity index (χ1n) is 8.12. The van der Waals surface area contributed by atoms with Gasteiger partial charge in [-0.15, -0.1) is 10.2 Å². The molecule has 0 saturated heterocycles. The minimum absolute atomic E-state index is 0.243. The number of hydrogen-bond acceptors (Lipinski definition) is 6. The molecule has 27 heavy (non-hydrogen) atoms. The van der Waals surface area contributed by atoms with Crippen LogP contribution < -0.4 is 5.32 Å². The van der Waals surface area contributed by atoms with Crippen LogP contribution in [0.3, 0.4) is 0 Å². The SMILES string of the molecule is Cc1ccn(Cc2nnc(Nc3ccn(Cc4c(F)cccc4Cl)n3)s2)n1. The number of rotatable bonds is 6. The van der Waals surface area contributed by atoms with Crippen molar-refractivity contribution in [1.82, 2.24) is 29.8 Å². The summed E-state index contributed by atoms with van der Waals surface area (Å²) in [6, 6.07) is 8.34. The van der Waals surface area contributed by atoms with Crippen molar-refractivity contribution >= 4 is 33.9 Å². The van der Waals surface area contributed by atoms with E-state index in [1.807, 2.05) is 23.9 Å². The summed E-state index contributed by atoms with van der Waals surface area (Å²) >= 11 is 7.49. The Bertz CT molecular complexity index is 1050. The summed E-state index contributed by atoms with van der Waals surface area (Å²) in [6.07, 6.45) is 3.65. The molecule has 138 valence electrons. The molecule has 10 heteroatoms. The number of anilines is 2. The molecule has 0 unspecified atom stereocenters. The van der Waals surface area contributed by atoms with Crippen molar-refractivity contribution < 1.29 is 4.39 Å². The maximum atomic E-state index is 13.9. The highest BCUT2D eigenvalue weighted by atomic mass is 35.5. The molecule has 4 rings (SSSR count). The standard InChI is InChI=1S/C17H15ClFN7S/c1-11-5-7-26(23-11)10-16-21-22-17(27-16)20-15-6-8-25(24-15)9-12-13(18)3-2-4-14(12)19/h2-8H,9-10H2,1H3,(H,20,22,24). The van der Waals surface area contributed by atoms with Gasteiger partial charge in [-0.3, -0.25) is 9.36 Å². The monoisotopic (exact) mass is 403 g/mol. The zero-order chi connectivity index (χ0) is 18.8. The highest BCUT2D eigenvalue weighted by Crippen LogP contribution is 2.22. The number of hydrogen-bond donors (Lipinski definition) is 1. The fraction of sp³-hybridized carbons (Fsp3) is 0.176. The minimum atomic E-state index is -0.352. The van der Waals surface area contributed by atoms with Crippen molar-refractivity contribution in [2.45, 2.75) is 20.0 Å². The smallest absolute Gasteiger partial charge is 0.211 e. The average molecular weight is 404 g/mol. The Kier molecular flexibility index (Phi) is 4.87. The van der Waals surface area contributed by atoms with Gasteiger partial charge in [0.15, 0.2) is 5.82 Å². The molecule has 3 aromatic heterocycles. The summed E-state index contributed by atoms with van der Waals surface area (Å²) in [5, 5.41) is 21.9. The lowest BCUT2D eigenvalue weighted by molar-refractivity contribution is 0.586. The van der Waals surface area contributed by atoms with E-state index in [1.54, 1.807) is 29.1 Å². The number of aromatic nitrogens is 6. The van der Waals surface area contributed by atoms with E-state index in [2.05, 4.69) is 25.7 Å². The summed E-state index contributed by atoms with van der Waals surface area (Å²) in [6.45, 7) is 2.75. The summed E-state index contributed by atoms with van der Waals surface area (Å²) in [4.78, 5) is 0.